The Morgan fingerprint density at radius 3 is 2.69 bits per heavy atom. The summed E-state index contributed by atoms with van der Waals surface area (Å²) >= 11 is 0. The van der Waals surface area contributed by atoms with Crippen LogP contribution in [-0.4, -0.2) is 23.7 Å². The molecule has 13 heavy (non-hydrogen) atoms. The van der Waals surface area contributed by atoms with Crippen LogP contribution >= 0.6 is 0 Å². The molecule has 0 aromatic heterocycles. The van der Waals surface area contributed by atoms with E-state index in [1.165, 1.54) is 0 Å². The fraction of sp³-hybridized carbons (Fsp3) is 0.125. The molecule has 1 rings (SSSR count). The lowest BCUT2D eigenvalue weighted by Crippen LogP contribution is -2.21. The van der Waals surface area contributed by atoms with Crippen molar-refractivity contribution in [3.05, 3.63) is 29.3 Å². The van der Waals surface area contributed by atoms with Crippen molar-refractivity contribution in [3.63, 3.8) is 0 Å². The zero-order valence-corrected chi connectivity index (χ0v) is 7.10. The molecule has 68 valence electrons. The standard InChI is InChI=1S/C8H9BO4/c1-6-2-3-7(5-10)8(4-6)13-9(11)12/h2-5,11-12H,1H3. The van der Waals surface area contributed by atoms with Crippen LogP contribution in [0.5, 0.6) is 5.75 Å². The summed E-state index contributed by atoms with van der Waals surface area (Å²) in [6.45, 7) is 1.81. The molecule has 0 atom stereocenters. The molecule has 0 spiro atoms. The Morgan fingerprint density at radius 1 is 1.46 bits per heavy atom. The maximum atomic E-state index is 10.5. The Balaban J connectivity index is 3.01. The van der Waals surface area contributed by atoms with Crippen LogP contribution in [0.1, 0.15) is 15.9 Å². The molecule has 0 bridgehead atoms. The summed E-state index contributed by atoms with van der Waals surface area (Å²) in [7, 11) is -1.90. The molecule has 2 N–H and O–H groups in total. The lowest BCUT2D eigenvalue weighted by Gasteiger charge is -2.07. The van der Waals surface area contributed by atoms with E-state index in [-0.39, 0.29) is 5.75 Å². The van der Waals surface area contributed by atoms with E-state index >= 15 is 0 Å². The molecule has 0 heterocycles. The van der Waals surface area contributed by atoms with E-state index in [1.54, 1.807) is 18.2 Å². The molecule has 5 heteroatoms. The van der Waals surface area contributed by atoms with Gasteiger partial charge in [0.25, 0.3) is 0 Å². The molecule has 0 saturated carbocycles. The second-order valence-electron chi connectivity index (χ2n) is 2.60. The van der Waals surface area contributed by atoms with Crippen molar-refractivity contribution in [2.24, 2.45) is 0 Å². The van der Waals surface area contributed by atoms with Gasteiger partial charge < -0.3 is 14.7 Å². The molecule has 0 amide bonds. The van der Waals surface area contributed by atoms with Crippen molar-refractivity contribution in [2.45, 2.75) is 6.92 Å². The van der Waals surface area contributed by atoms with Crippen LogP contribution in [0, 0.1) is 6.92 Å². The van der Waals surface area contributed by atoms with Crippen LogP contribution in [0.15, 0.2) is 18.2 Å². The lowest BCUT2D eigenvalue weighted by molar-refractivity contribution is 0.112. The van der Waals surface area contributed by atoms with Gasteiger partial charge in [0.15, 0.2) is 6.29 Å². The quantitative estimate of drug-likeness (QED) is 0.513. The van der Waals surface area contributed by atoms with Crippen LogP contribution in [0.4, 0.5) is 0 Å². The molecule has 4 nitrogen and oxygen atoms in total. The predicted molar refractivity (Wildman–Crippen MR) is 47.4 cm³/mol. The number of aldehydes is 1. The van der Waals surface area contributed by atoms with Crippen LogP contribution in [0.3, 0.4) is 0 Å². The zero-order chi connectivity index (χ0) is 9.84. The van der Waals surface area contributed by atoms with Crippen molar-refractivity contribution in [2.75, 3.05) is 0 Å². The maximum absolute atomic E-state index is 10.5. The van der Waals surface area contributed by atoms with E-state index in [0.717, 1.165) is 5.56 Å². The van der Waals surface area contributed by atoms with Crippen molar-refractivity contribution in [1.29, 1.82) is 0 Å². The molecule has 0 fully saturated rings. The van der Waals surface area contributed by atoms with Gasteiger partial charge in [0.1, 0.15) is 5.75 Å². The fourth-order valence-corrected chi connectivity index (χ4v) is 0.955. The first-order chi connectivity index (χ1) is 6.13. The second kappa shape index (κ2) is 4.07. The fourth-order valence-electron chi connectivity index (χ4n) is 0.955. The minimum absolute atomic E-state index is 0.171. The predicted octanol–water partition coefficient (Wildman–Crippen LogP) is 0.156. The Hall–Kier alpha value is -1.33. The van der Waals surface area contributed by atoms with Gasteiger partial charge in [-0.05, 0) is 24.6 Å². The topological polar surface area (TPSA) is 66.8 Å². The SMILES string of the molecule is Cc1ccc(C=O)c(OB(O)O)c1. The second-order valence-corrected chi connectivity index (χ2v) is 2.60. The van der Waals surface area contributed by atoms with E-state index in [9.17, 15) is 4.79 Å². The van der Waals surface area contributed by atoms with Crippen LogP contribution in [0.25, 0.3) is 0 Å². The third kappa shape index (κ3) is 2.57. The third-order valence-electron chi connectivity index (χ3n) is 1.53. The van der Waals surface area contributed by atoms with Gasteiger partial charge in [-0.25, -0.2) is 0 Å². The molecule has 0 unspecified atom stereocenters. The van der Waals surface area contributed by atoms with Gasteiger partial charge in [-0.2, -0.15) is 0 Å². The van der Waals surface area contributed by atoms with Crippen LogP contribution < -0.4 is 4.65 Å². The maximum Gasteiger partial charge on any atom is 0.707 e. The van der Waals surface area contributed by atoms with Crippen molar-refractivity contribution < 1.29 is 19.5 Å². The molecule has 0 radical (unpaired) electrons. The minimum atomic E-state index is -1.90. The summed E-state index contributed by atoms with van der Waals surface area (Å²) in [5, 5.41) is 17.1. The first-order valence-electron chi connectivity index (χ1n) is 3.72. The summed E-state index contributed by atoms with van der Waals surface area (Å²) in [5.74, 6) is 0.171. The number of aryl methyl sites for hydroxylation is 1. The summed E-state index contributed by atoms with van der Waals surface area (Å²) in [6, 6.07) is 4.85. The summed E-state index contributed by atoms with van der Waals surface area (Å²) in [5.41, 5.74) is 1.17. The van der Waals surface area contributed by atoms with Gasteiger partial charge in [0.2, 0.25) is 0 Å². The average Bonchev–Trinajstić information content (AvgIpc) is 2.03. The average molecular weight is 180 g/mol. The Bertz CT molecular complexity index is 311. The summed E-state index contributed by atoms with van der Waals surface area (Å²) < 4.78 is 4.60. The molecular weight excluding hydrogens is 171 g/mol. The summed E-state index contributed by atoms with van der Waals surface area (Å²) in [4.78, 5) is 10.5. The van der Waals surface area contributed by atoms with Gasteiger partial charge in [0.05, 0.1) is 5.56 Å². The normalized spacial score (nSPS) is 9.46. The number of hydrogen-bond donors (Lipinski definition) is 2. The molecule has 0 aliphatic rings. The summed E-state index contributed by atoms with van der Waals surface area (Å²) in [6.07, 6.45) is 0.594. The Labute approximate surface area is 76.0 Å². The van der Waals surface area contributed by atoms with Crippen molar-refractivity contribution in [3.8, 4) is 5.75 Å². The first kappa shape index (κ1) is 9.76. The van der Waals surface area contributed by atoms with Gasteiger partial charge in [-0.15, -0.1) is 0 Å². The van der Waals surface area contributed by atoms with Crippen LogP contribution in [-0.2, 0) is 0 Å². The van der Waals surface area contributed by atoms with E-state index in [1.807, 2.05) is 6.92 Å². The van der Waals surface area contributed by atoms with Crippen molar-refractivity contribution >= 4 is 13.6 Å². The number of benzene rings is 1. The monoisotopic (exact) mass is 180 g/mol. The highest BCUT2D eigenvalue weighted by Gasteiger charge is 2.13. The number of carbonyl (C=O) groups excluding carboxylic acids is 1. The minimum Gasteiger partial charge on any atom is -0.511 e. The largest absolute Gasteiger partial charge is 0.707 e. The molecule has 1 aromatic rings. The Kier molecular flexibility index (Phi) is 3.05. The zero-order valence-electron chi connectivity index (χ0n) is 7.10. The van der Waals surface area contributed by atoms with E-state index < -0.39 is 7.32 Å². The van der Waals surface area contributed by atoms with E-state index in [4.69, 9.17) is 10.0 Å². The highest BCUT2D eigenvalue weighted by Crippen LogP contribution is 2.18. The number of carbonyl (C=O) groups is 1. The molecule has 0 saturated heterocycles. The number of hydrogen-bond acceptors (Lipinski definition) is 4. The van der Waals surface area contributed by atoms with E-state index in [2.05, 4.69) is 4.65 Å². The molecular formula is C8H9BO4. The first-order valence-corrected chi connectivity index (χ1v) is 3.72. The van der Waals surface area contributed by atoms with Gasteiger partial charge in [-0.3, -0.25) is 4.79 Å². The van der Waals surface area contributed by atoms with Gasteiger partial charge in [0, 0.05) is 0 Å². The third-order valence-corrected chi connectivity index (χ3v) is 1.53. The molecule has 0 aliphatic heterocycles. The molecule has 0 aliphatic carbocycles. The number of rotatable bonds is 3. The van der Waals surface area contributed by atoms with E-state index in [0.29, 0.717) is 11.8 Å². The Morgan fingerprint density at radius 2 is 2.15 bits per heavy atom. The highest BCUT2D eigenvalue weighted by molar-refractivity contribution is 6.33. The lowest BCUT2D eigenvalue weighted by atomic mass is 10.1. The van der Waals surface area contributed by atoms with Gasteiger partial charge in [-0.1, -0.05) is 6.07 Å². The van der Waals surface area contributed by atoms with Crippen LogP contribution in [0.2, 0.25) is 0 Å². The highest BCUT2D eigenvalue weighted by atomic mass is 16.6. The van der Waals surface area contributed by atoms with Gasteiger partial charge >= 0.3 is 7.32 Å². The molecule has 1 aromatic carbocycles. The smallest absolute Gasteiger partial charge is 0.511 e. The van der Waals surface area contributed by atoms with Crippen molar-refractivity contribution in [1.82, 2.24) is 0 Å².